The van der Waals surface area contributed by atoms with Gasteiger partial charge in [0.2, 0.25) is 15.9 Å². The van der Waals surface area contributed by atoms with Crippen LogP contribution in [0.25, 0.3) is 0 Å². The minimum atomic E-state index is -3.81. The van der Waals surface area contributed by atoms with E-state index in [1.807, 2.05) is 0 Å². The number of nitrogens with two attached hydrogens (primary N) is 1. The van der Waals surface area contributed by atoms with Gasteiger partial charge in [-0.2, -0.15) is 0 Å². The van der Waals surface area contributed by atoms with Gasteiger partial charge in [0.25, 0.3) is 0 Å². The van der Waals surface area contributed by atoms with E-state index in [9.17, 15) is 13.2 Å². The number of sulfonamides is 1. The molecule has 0 atom stereocenters. The molecule has 7 nitrogen and oxygen atoms in total. The van der Waals surface area contributed by atoms with Crippen molar-refractivity contribution in [1.29, 1.82) is 0 Å². The summed E-state index contributed by atoms with van der Waals surface area (Å²) >= 11 is 0. The van der Waals surface area contributed by atoms with Crippen LogP contribution in [-0.4, -0.2) is 35.0 Å². The fourth-order valence-corrected chi connectivity index (χ4v) is 3.04. The summed E-state index contributed by atoms with van der Waals surface area (Å²) in [6.07, 6.45) is 0. The van der Waals surface area contributed by atoms with Gasteiger partial charge in [-0.05, 0) is 26.0 Å². The Balaban J connectivity index is 3.00. The molecule has 0 heterocycles. The molecule has 4 N–H and O–H groups in total. The highest BCUT2D eigenvalue weighted by Crippen LogP contribution is 2.26. The Labute approximate surface area is 124 Å². The number of carbonyl (C=O) groups is 1. The molecule has 1 aromatic carbocycles. The number of nitrogen functional groups attached to an aromatic ring is 1. The Morgan fingerprint density at radius 2 is 2.00 bits per heavy atom. The quantitative estimate of drug-likeness (QED) is 0.655. The number of carbonyl (C=O) groups excluding carboxylic acids is 1. The molecule has 1 amide bonds. The Kier molecular flexibility index (Phi) is 5.19. The molecule has 0 aliphatic heterocycles. The van der Waals surface area contributed by atoms with Gasteiger partial charge in [-0.1, -0.05) is 0 Å². The number of methoxy groups -OCH3 is 1. The molecule has 0 aromatic heterocycles. The molecule has 118 valence electrons. The average molecular weight is 315 g/mol. The zero-order valence-electron chi connectivity index (χ0n) is 12.6. The summed E-state index contributed by atoms with van der Waals surface area (Å²) in [4.78, 5) is 11.6. The molecule has 21 heavy (non-hydrogen) atoms. The van der Waals surface area contributed by atoms with Crippen LogP contribution in [0.5, 0.6) is 5.75 Å². The Hall–Kier alpha value is -1.80. The summed E-state index contributed by atoms with van der Waals surface area (Å²) in [7, 11) is -0.940. The third-order valence-corrected chi connectivity index (χ3v) is 4.46. The van der Waals surface area contributed by atoms with Crippen molar-refractivity contribution >= 4 is 21.6 Å². The maximum absolute atomic E-state index is 12.3. The van der Waals surface area contributed by atoms with Gasteiger partial charge in [0.15, 0.2) is 0 Å². The lowest BCUT2D eigenvalue weighted by molar-refractivity contribution is -0.128. The third kappa shape index (κ3) is 4.08. The van der Waals surface area contributed by atoms with E-state index in [2.05, 4.69) is 10.0 Å². The highest BCUT2D eigenvalue weighted by Gasteiger charge is 2.29. The van der Waals surface area contributed by atoms with E-state index in [4.69, 9.17) is 10.5 Å². The smallest absolute Gasteiger partial charge is 0.244 e. The molecule has 0 saturated carbocycles. The SMILES string of the molecule is CNC(=O)C(C)(C)CNS(=O)(=O)c1ccc(N)cc1OC. The van der Waals surface area contributed by atoms with Crippen molar-refractivity contribution in [3.63, 3.8) is 0 Å². The predicted molar refractivity (Wildman–Crippen MR) is 80.4 cm³/mol. The standard InChI is InChI=1S/C13H21N3O4S/c1-13(2,12(17)15-3)8-16-21(18,19)11-6-5-9(14)7-10(11)20-4/h5-7,16H,8,14H2,1-4H3,(H,15,17). The fourth-order valence-electron chi connectivity index (χ4n) is 1.68. The van der Waals surface area contributed by atoms with E-state index in [0.717, 1.165) is 0 Å². The lowest BCUT2D eigenvalue weighted by Gasteiger charge is -2.23. The van der Waals surface area contributed by atoms with Gasteiger partial charge >= 0.3 is 0 Å². The number of anilines is 1. The van der Waals surface area contributed by atoms with E-state index < -0.39 is 15.4 Å². The van der Waals surface area contributed by atoms with Crippen LogP contribution >= 0.6 is 0 Å². The molecular weight excluding hydrogens is 294 g/mol. The lowest BCUT2D eigenvalue weighted by Crippen LogP contribution is -2.43. The van der Waals surface area contributed by atoms with Crippen LogP contribution in [0.1, 0.15) is 13.8 Å². The van der Waals surface area contributed by atoms with E-state index in [-0.39, 0.29) is 23.1 Å². The Morgan fingerprint density at radius 3 is 2.52 bits per heavy atom. The monoisotopic (exact) mass is 315 g/mol. The molecule has 0 saturated heterocycles. The van der Waals surface area contributed by atoms with Gasteiger partial charge in [0, 0.05) is 25.3 Å². The number of hydrogen-bond acceptors (Lipinski definition) is 5. The molecule has 0 unspecified atom stereocenters. The molecule has 0 radical (unpaired) electrons. The van der Waals surface area contributed by atoms with Gasteiger partial charge in [-0.15, -0.1) is 0 Å². The molecule has 0 aliphatic rings. The molecule has 8 heteroatoms. The van der Waals surface area contributed by atoms with Crippen LogP contribution in [-0.2, 0) is 14.8 Å². The summed E-state index contributed by atoms with van der Waals surface area (Å²) in [6.45, 7) is 3.26. The minimum absolute atomic E-state index is 0.0214. The average Bonchev–Trinajstić information content (AvgIpc) is 2.44. The number of benzene rings is 1. The first-order valence-electron chi connectivity index (χ1n) is 6.29. The Morgan fingerprint density at radius 1 is 1.38 bits per heavy atom. The van der Waals surface area contributed by atoms with Crippen molar-refractivity contribution in [2.45, 2.75) is 18.7 Å². The largest absolute Gasteiger partial charge is 0.495 e. The molecule has 0 bridgehead atoms. The van der Waals surface area contributed by atoms with Crippen LogP contribution in [0.4, 0.5) is 5.69 Å². The molecule has 0 fully saturated rings. The summed E-state index contributed by atoms with van der Waals surface area (Å²) < 4.78 is 32.1. The number of ether oxygens (including phenoxy) is 1. The minimum Gasteiger partial charge on any atom is -0.495 e. The van der Waals surface area contributed by atoms with Gasteiger partial charge in [0.1, 0.15) is 10.6 Å². The lowest BCUT2D eigenvalue weighted by atomic mass is 9.93. The van der Waals surface area contributed by atoms with Gasteiger partial charge in [0.05, 0.1) is 12.5 Å². The topological polar surface area (TPSA) is 111 Å². The van der Waals surface area contributed by atoms with Crippen LogP contribution in [0, 0.1) is 5.41 Å². The Bertz CT molecular complexity index is 626. The van der Waals surface area contributed by atoms with Crippen molar-refractivity contribution in [3.05, 3.63) is 18.2 Å². The highest BCUT2D eigenvalue weighted by molar-refractivity contribution is 7.89. The van der Waals surface area contributed by atoms with Crippen molar-refractivity contribution in [2.75, 3.05) is 26.4 Å². The third-order valence-electron chi connectivity index (χ3n) is 3.02. The predicted octanol–water partition coefficient (Wildman–Crippen LogP) is 0.328. The zero-order chi connectivity index (χ0) is 16.3. The van der Waals surface area contributed by atoms with Crippen molar-refractivity contribution < 1.29 is 17.9 Å². The van der Waals surface area contributed by atoms with Crippen molar-refractivity contribution in [2.24, 2.45) is 5.41 Å². The second-order valence-corrected chi connectivity index (χ2v) is 6.93. The van der Waals surface area contributed by atoms with Gasteiger partial charge in [-0.25, -0.2) is 13.1 Å². The van der Waals surface area contributed by atoms with Crippen molar-refractivity contribution in [3.8, 4) is 5.75 Å². The number of rotatable bonds is 6. The summed E-state index contributed by atoms with van der Waals surface area (Å²) in [6, 6.07) is 4.27. The van der Waals surface area contributed by atoms with E-state index >= 15 is 0 Å². The van der Waals surface area contributed by atoms with Crippen LogP contribution < -0.4 is 20.5 Å². The molecule has 0 aliphatic carbocycles. The molecule has 1 rings (SSSR count). The van der Waals surface area contributed by atoms with Gasteiger partial charge in [-0.3, -0.25) is 4.79 Å². The fraction of sp³-hybridized carbons (Fsp3) is 0.462. The maximum atomic E-state index is 12.3. The number of nitrogens with one attached hydrogen (secondary N) is 2. The second kappa shape index (κ2) is 6.31. The molecular formula is C13H21N3O4S. The summed E-state index contributed by atoms with van der Waals surface area (Å²) in [5.41, 5.74) is 5.13. The second-order valence-electron chi connectivity index (χ2n) is 5.20. The van der Waals surface area contributed by atoms with E-state index in [1.165, 1.54) is 32.4 Å². The first-order chi connectivity index (χ1) is 9.64. The van der Waals surface area contributed by atoms with E-state index in [1.54, 1.807) is 13.8 Å². The highest BCUT2D eigenvalue weighted by atomic mass is 32.2. The van der Waals surface area contributed by atoms with E-state index in [0.29, 0.717) is 5.69 Å². The molecule has 1 aromatic rings. The van der Waals surface area contributed by atoms with Crippen molar-refractivity contribution in [1.82, 2.24) is 10.0 Å². The van der Waals surface area contributed by atoms with Crippen LogP contribution in [0.15, 0.2) is 23.1 Å². The first-order valence-corrected chi connectivity index (χ1v) is 7.78. The van der Waals surface area contributed by atoms with Gasteiger partial charge < -0.3 is 15.8 Å². The summed E-state index contributed by atoms with van der Waals surface area (Å²) in [5.74, 6) is -0.102. The zero-order valence-corrected chi connectivity index (χ0v) is 13.4. The van der Waals surface area contributed by atoms with Crippen LogP contribution in [0.2, 0.25) is 0 Å². The normalized spacial score (nSPS) is 12.0. The number of amides is 1. The van der Waals surface area contributed by atoms with Crippen LogP contribution in [0.3, 0.4) is 0 Å². The summed E-state index contributed by atoms with van der Waals surface area (Å²) in [5, 5.41) is 2.50. The number of hydrogen-bond donors (Lipinski definition) is 3. The first kappa shape index (κ1) is 17.3. The maximum Gasteiger partial charge on any atom is 0.244 e. The molecule has 0 spiro atoms.